The number of benzene rings is 1. The molecule has 8 nitrogen and oxygen atoms in total. The Kier molecular flexibility index (Phi) is 6.00. The number of amides is 1. The van der Waals surface area contributed by atoms with Gasteiger partial charge in [-0.05, 0) is 23.8 Å². The number of rotatable bonds is 4. The van der Waals surface area contributed by atoms with Crippen molar-refractivity contribution in [2.75, 3.05) is 5.32 Å². The van der Waals surface area contributed by atoms with Gasteiger partial charge >= 0.3 is 11.9 Å². The maximum absolute atomic E-state index is 13.9. The molecule has 0 aliphatic rings. The number of aromatic nitrogens is 4. The number of alkyl halides is 3. The van der Waals surface area contributed by atoms with E-state index in [9.17, 15) is 36.3 Å². The van der Waals surface area contributed by atoms with Crippen LogP contribution >= 0.6 is 11.3 Å². The number of pyridine rings is 1. The zero-order valence-electron chi connectivity index (χ0n) is 17.9. The van der Waals surface area contributed by atoms with E-state index < -0.39 is 40.5 Å². The number of hydrogen-bond acceptors (Lipinski definition) is 6. The molecule has 4 rings (SSSR count). The van der Waals surface area contributed by atoms with Gasteiger partial charge in [0.1, 0.15) is 22.8 Å². The molecule has 3 heterocycles. The Morgan fingerprint density at radius 3 is 2.40 bits per heavy atom. The summed E-state index contributed by atoms with van der Waals surface area (Å²) in [4.78, 5) is 45.3. The van der Waals surface area contributed by atoms with Crippen molar-refractivity contribution in [3.05, 3.63) is 73.4 Å². The van der Waals surface area contributed by atoms with Crippen molar-refractivity contribution in [2.45, 2.75) is 12.6 Å². The van der Waals surface area contributed by atoms with E-state index in [1.165, 1.54) is 36.3 Å². The summed E-state index contributed by atoms with van der Waals surface area (Å²) >= 11 is 0.885. The van der Waals surface area contributed by atoms with Gasteiger partial charge in [0.2, 0.25) is 5.91 Å². The molecule has 0 bridgehead atoms. The van der Waals surface area contributed by atoms with E-state index >= 15 is 0 Å². The van der Waals surface area contributed by atoms with Crippen LogP contribution in [0.1, 0.15) is 11.1 Å². The van der Waals surface area contributed by atoms with E-state index in [0.29, 0.717) is 17.7 Å². The Hall–Kier alpha value is -3.94. The molecule has 0 spiro atoms. The summed E-state index contributed by atoms with van der Waals surface area (Å²) in [6, 6.07) is 2.47. The van der Waals surface area contributed by atoms with Crippen LogP contribution in [0.15, 0.2) is 39.4 Å². The average Bonchev–Trinajstić information content (AvgIpc) is 3.23. The van der Waals surface area contributed by atoms with Crippen LogP contribution in [0, 0.1) is 11.6 Å². The number of anilines is 1. The first-order valence-corrected chi connectivity index (χ1v) is 10.6. The fraction of sp³-hybridized carbons (Fsp3) is 0.190. The van der Waals surface area contributed by atoms with Crippen molar-refractivity contribution in [3.63, 3.8) is 0 Å². The number of thiazole rings is 1. The molecule has 35 heavy (non-hydrogen) atoms. The molecule has 0 saturated heterocycles. The van der Waals surface area contributed by atoms with Crippen LogP contribution in [0.2, 0.25) is 0 Å². The van der Waals surface area contributed by atoms with E-state index in [-0.39, 0.29) is 33.8 Å². The van der Waals surface area contributed by atoms with E-state index in [4.69, 9.17) is 0 Å². The van der Waals surface area contributed by atoms with Gasteiger partial charge < -0.3 is 5.32 Å². The highest BCUT2D eigenvalue weighted by molar-refractivity contribution is 7.14. The van der Waals surface area contributed by atoms with Crippen molar-refractivity contribution in [1.82, 2.24) is 19.1 Å². The maximum atomic E-state index is 13.9. The lowest BCUT2D eigenvalue weighted by Gasteiger charge is -2.10. The van der Waals surface area contributed by atoms with E-state index in [2.05, 4.69) is 15.3 Å². The van der Waals surface area contributed by atoms with Gasteiger partial charge in [-0.15, -0.1) is 11.3 Å². The van der Waals surface area contributed by atoms with Gasteiger partial charge in [0.25, 0.3) is 5.56 Å². The third kappa shape index (κ3) is 4.43. The highest BCUT2D eigenvalue weighted by Crippen LogP contribution is 2.36. The highest BCUT2D eigenvalue weighted by atomic mass is 32.1. The lowest BCUT2D eigenvalue weighted by atomic mass is 10.1. The predicted octanol–water partition coefficient (Wildman–Crippen LogP) is 3.23. The third-order valence-electron chi connectivity index (χ3n) is 5.15. The Morgan fingerprint density at radius 2 is 1.77 bits per heavy atom. The van der Waals surface area contributed by atoms with Crippen LogP contribution in [0.3, 0.4) is 0 Å². The molecule has 0 radical (unpaired) electrons. The number of nitrogens with one attached hydrogen (secondary N) is 1. The Balaban J connectivity index is 1.59. The van der Waals surface area contributed by atoms with Crippen molar-refractivity contribution in [1.29, 1.82) is 0 Å². The summed E-state index contributed by atoms with van der Waals surface area (Å²) in [6.07, 6.45) is -4.14. The number of carbonyl (C=O) groups is 1. The molecule has 1 aromatic carbocycles. The van der Waals surface area contributed by atoms with E-state index in [1.54, 1.807) is 0 Å². The fourth-order valence-electron chi connectivity index (χ4n) is 3.49. The highest BCUT2D eigenvalue weighted by Gasteiger charge is 2.38. The fourth-order valence-corrected chi connectivity index (χ4v) is 4.22. The van der Waals surface area contributed by atoms with Crippen molar-refractivity contribution < 1.29 is 26.7 Å². The largest absolute Gasteiger partial charge is 0.422 e. The first kappa shape index (κ1) is 24.2. The monoisotopic (exact) mass is 511 g/mol. The van der Waals surface area contributed by atoms with Gasteiger partial charge in [-0.3, -0.25) is 18.7 Å². The Labute approximate surface area is 196 Å². The molecule has 0 unspecified atom stereocenters. The minimum Gasteiger partial charge on any atom is -0.302 e. The zero-order chi connectivity index (χ0) is 25.7. The molecule has 0 saturated carbocycles. The summed E-state index contributed by atoms with van der Waals surface area (Å²) in [7, 11) is 2.73. The first-order valence-electron chi connectivity index (χ1n) is 9.74. The van der Waals surface area contributed by atoms with Crippen LogP contribution in [-0.2, 0) is 31.5 Å². The number of carbonyl (C=O) groups excluding carboxylic acids is 1. The number of hydrogen-bond donors (Lipinski definition) is 1. The molecule has 0 aliphatic heterocycles. The van der Waals surface area contributed by atoms with Crippen LogP contribution in [0.25, 0.3) is 22.3 Å². The second kappa shape index (κ2) is 8.69. The third-order valence-corrected chi connectivity index (χ3v) is 5.91. The molecule has 14 heteroatoms. The van der Waals surface area contributed by atoms with Gasteiger partial charge in [-0.25, -0.2) is 23.5 Å². The molecule has 0 fully saturated rings. The van der Waals surface area contributed by atoms with Crippen molar-refractivity contribution in [3.8, 4) is 11.3 Å². The second-order valence-electron chi connectivity index (χ2n) is 7.45. The van der Waals surface area contributed by atoms with E-state index in [1.807, 2.05) is 0 Å². The average molecular weight is 511 g/mol. The molecule has 3 aromatic heterocycles. The summed E-state index contributed by atoms with van der Waals surface area (Å²) < 4.78 is 68.2. The van der Waals surface area contributed by atoms with Crippen LogP contribution in [0.4, 0.5) is 27.1 Å². The summed E-state index contributed by atoms with van der Waals surface area (Å²) in [5.41, 5.74) is -3.09. The molecule has 0 aliphatic carbocycles. The van der Waals surface area contributed by atoms with Crippen LogP contribution < -0.4 is 16.6 Å². The molecule has 182 valence electrons. The molecule has 1 N–H and O–H groups in total. The second-order valence-corrected chi connectivity index (χ2v) is 8.31. The minimum atomic E-state index is -5.20. The number of nitrogens with zero attached hydrogens (tertiary/aromatic N) is 4. The summed E-state index contributed by atoms with van der Waals surface area (Å²) in [5, 5.41) is 3.89. The SMILES string of the molecule is Cn1c(=O)c2c(CC(=O)Nc3nc(-c4cc(F)c(C(F)(F)F)c(F)c4)cs3)ccnc2n(C)c1=O. The number of halogens is 5. The van der Waals surface area contributed by atoms with E-state index in [0.717, 1.165) is 15.9 Å². The van der Waals surface area contributed by atoms with Crippen LogP contribution in [-0.4, -0.2) is 25.0 Å². The Bertz CT molecular complexity index is 1580. The summed E-state index contributed by atoms with van der Waals surface area (Å²) in [5.74, 6) is -4.17. The van der Waals surface area contributed by atoms with Gasteiger partial charge in [-0.1, -0.05) is 0 Å². The van der Waals surface area contributed by atoms with Crippen molar-refractivity contribution in [2.24, 2.45) is 14.1 Å². The zero-order valence-corrected chi connectivity index (χ0v) is 18.7. The standard InChI is InChI=1S/C21H14F5N5O3S/c1-30-17-15(18(33)31(2)20(30)34)9(3-4-27-17)7-14(32)29-19-28-13(8-35-19)10-5-11(22)16(12(23)6-10)21(24,25)26/h3-6,8H,7H2,1-2H3,(H,28,29,32). The smallest absolute Gasteiger partial charge is 0.302 e. The number of fused-ring (bicyclic) bond motifs is 1. The maximum Gasteiger partial charge on any atom is 0.422 e. The van der Waals surface area contributed by atoms with Crippen LogP contribution in [0.5, 0.6) is 0 Å². The summed E-state index contributed by atoms with van der Waals surface area (Å²) in [6.45, 7) is 0. The van der Waals surface area contributed by atoms with Crippen molar-refractivity contribution >= 4 is 33.4 Å². The van der Waals surface area contributed by atoms with Gasteiger partial charge in [0, 0.05) is 31.2 Å². The Morgan fingerprint density at radius 1 is 1.11 bits per heavy atom. The normalized spacial score (nSPS) is 11.7. The quantitative estimate of drug-likeness (QED) is 0.425. The minimum absolute atomic E-state index is 0.0179. The van der Waals surface area contributed by atoms with Gasteiger partial charge in [0.15, 0.2) is 5.13 Å². The molecule has 1 amide bonds. The molecule has 0 atom stereocenters. The predicted molar refractivity (Wildman–Crippen MR) is 117 cm³/mol. The molecular weight excluding hydrogens is 497 g/mol. The number of aryl methyl sites for hydroxylation is 1. The lowest BCUT2D eigenvalue weighted by molar-refractivity contribution is -0.142. The first-order chi connectivity index (χ1) is 16.4. The molecular formula is C21H14F5N5O3S. The molecule has 4 aromatic rings. The van der Waals surface area contributed by atoms with Gasteiger partial charge in [0.05, 0.1) is 17.5 Å². The topological polar surface area (TPSA) is 98.9 Å². The van der Waals surface area contributed by atoms with Gasteiger partial charge in [-0.2, -0.15) is 13.2 Å². The lowest BCUT2D eigenvalue weighted by Crippen LogP contribution is -2.37.